The Kier molecular flexibility index (Phi) is 6.49. The number of benzene rings is 2. The van der Waals surface area contributed by atoms with Gasteiger partial charge in [0.1, 0.15) is 22.4 Å². The summed E-state index contributed by atoms with van der Waals surface area (Å²) in [5.41, 5.74) is 7.59. The van der Waals surface area contributed by atoms with Crippen LogP contribution in [-0.4, -0.2) is 55.2 Å². The number of ether oxygens (including phenoxy) is 2. The molecule has 0 bridgehead atoms. The standard InChI is InChI=1S/C31H35N5O4/c1-18-22(14-26(39-5)29-28(18)33-34-35(29)4)23(15-27(37)38)20-9-8-19-10-11-25(24(19)13-20)36-16-21-7-6-12-32-30(21)40-31(2,3)17-36/h6-9,12-14,23,25H,10-11,15-17H2,1-5H3,(H,37,38). The highest BCUT2D eigenvalue weighted by Gasteiger charge is 2.37. The van der Waals surface area contributed by atoms with Gasteiger partial charge in [-0.25, -0.2) is 9.67 Å². The number of rotatable bonds is 6. The molecule has 6 rings (SSSR count). The molecule has 9 heteroatoms. The number of nitrogens with zero attached hydrogens (tertiary/aromatic N) is 5. The molecule has 0 saturated heterocycles. The number of pyridine rings is 1. The molecule has 0 amide bonds. The lowest BCUT2D eigenvalue weighted by Crippen LogP contribution is -2.41. The summed E-state index contributed by atoms with van der Waals surface area (Å²) < 4.78 is 13.7. The summed E-state index contributed by atoms with van der Waals surface area (Å²) in [5.74, 6) is 0.122. The van der Waals surface area contributed by atoms with Crippen LogP contribution in [0.2, 0.25) is 0 Å². The van der Waals surface area contributed by atoms with Gasteiger partial charge < -0.3 is 14.6 Å². The predicted molar refractivity (Wildman–Crippen MR) is 151 cm³/mol. The predicted octanol–water partition coefficient (Wildman–Crippen LogP) is 4.95. The van der Waals surface area contributed by atoms with E-state index < -0.39 is 11.6 Å². The summed E-state index contributed by atoms with van der Waals surface area (Å²) in [6, 6.07) is 12.7. The van der Waals surface area contributed by atoms with Crippen LogP contribution in [0.3, 0.4) is 0 Å². The van der Waals surface area contributed by atoms with E-state index >= 15 is 0 Å². The van der Waals surface area contributed by atoms with E-state index in [-0.39, 0.29) is 18.4 Å². The monoisotopic (exact) mass is 541 g/mol. The van der Waals surface area contributed by atoms with E-state index in [2.05, 4.69) is 58.3 Å². The third-order valence-corrected chi connectivity index (χ3v) is 8.35. The number of aryl methyl sites for hydroxylation is 3. The number of hydrogen-bond donors (Lipinski definition) is 1. The molecule has 2 atom stereocenters. The van der Waals surface area contributed by atoms with Crippen molar-refractivity contribution in [3.05, 3.63) is 76.0 Å². The molecule has 0 radical (unpaired) electrons. The summed E-state index contributed by atoms with van der Waals surface area (Å²) in [4.78, 5) is 19.2. The van der Waals surface area contributed by atoms with Gasteiger partial charge in [0.2, 0.25) is 5.88 Å². The maximum Gasteiger partial charge on any atom is 0.304 e. The van der Waals surface area contributed by atoms with Gasteiger partial charge in [0, 0.05) is 43.9 Å². The van der Waals surface area contributed by atoms with Crippen LogP contribution in [0.1, 0.15) is 72.0 Å². The van der Waals surface area contributed by atoms with Crippen LogP contribution in [0.4, 0.5) is 0 Å². The average Bonchev–Trinajstić information content (AvgIpc) is 3.48. The van der Waals surface area contributed by atoms with Crippen molar-refractivity contribution in [1.29, 1.82) is 0 Å². The van der Waals surface area contributed by atoms with Gasteiger partial charge in [-0.2, -0.15) is 0 Å². The molecule has 2 aromatic heterocycles. The molecule has 9 nitrogen and oxygen atoms in total. The summed E-state index contributed by atoms with van der Waals surface area (Å²) >= 11 is 0. The molecular formula is C31H35N5O4. The smallest absolute Gasteiger partial charge is 0.304 e. The molecule has 2 unspecified atom stereocenters. The van der Waals surface area contributed by atoms with Gasteiger partial charge in [0.05, 0.1) is 13.5 Å². The fourth-order valence-corrected chi connectivity index (χ4v) is 6.55. The second-order valence-corrected chi connectivity index (χ2v) is 11.6. The van der Waals surface area contributed by atoms with Crippen LogP contribution < -0.4 is 9.47 Å². The van der Waals surface area contributed by atoms with Crippen molar-refractivity contribution in [2.45, 2.75) is 64.1 Å². The molecule has 208 valence electrons. The molecule has 0 spiro atoms. The maximum absolute atomic E-state index is 12.2. The van der Waals surface area contributed by atoms with Gasteiger partial charge in [0.15, 0.2) is 0 Å². The number of aromatic nitrogens is 4. The van der Waals surface area contributed by atoms with E-state index in [0.717, 1.165) is 59.2 Å². The van der Waals surface area contributed by atoms with Crippen molar-refractivity contribution in [3.63, 3.8) is 0 Å². The van der Waals surface area contributed by atoms with Crippen LogP contribution in [0, 0.1) is 6.92 Å². The van der Waals surface area contributed by atoms with E-state index in [1.54, 1.807) is 18.0 Å². The molecule has 1 aliphatic carbocycles. The highest BCUT2D eigenvalue weighted by Crippen LogP contribution is 2.43. The zero-order valence-electron chi connectivity index (χ0n) is 23.6. The molecule has 2 aromatic carbocycles. The lowest BCUT2D eigenvalue weighted by Gasteiger charge is -2.34. The number of carboxylic acid groups (broad SMARTS) is 1. The fourth-order valence-electron chi connectivity index (χ4n) is 6.55. The van der Waals surface area contributed by atoms with Crippen LogP contribution in [0.15, 0.2) is 42.6 Å². The van der Waals surface area contributed by atoms with E-state index in [4.69, 9.17) is 9.47 Å². The lowest BCUT2D eigenvalue weighted by molar-refractivity contribution is -0.137. The second-order valence-electron chi connectivity index (χ2n) is 11.6. The van der Waals surface area contributed by atoms with Crippen LogP contribution in [0.5, 0.6) is 11.6 Å². The Balaban J connectivity index is 1.42. The Morgan fingerprint density at radius 1 is 1.25 bits per heavy atom. The quantitative estimate of drug-likeness (QED) is 0.366. The van der Waals surface area contributed by atoms with Gasteiger partial charge in [-0.1, -0.05) is 29.5 Å². The van der Waals surface area contributed by atoms with Crippen molar-refractivity contribution in [1.82, 2.24) is 24.9 Å². The zero-order chi connectivity index (χ0) is 28.2. The Labute approximate surface area is 233 Å². The zero-order valence-corrected chi connectivity index (χ0v) is 23.6. The van der Waals surface area contributed by atoms with Gasteiger partial charge in [-0.15, -0.1) is 5.10 Å². The Morgan fingerprint density at radius 3 is 2.85 bits per heavy atom. The Bertz CT molecular complexity index is 1610. The number of aliphatic carboxylic acids is 1. The minimum atomic E-state index is -0.852. The van der Waals surface area contributed by atoms with Gasteiger partial charge in [0.25, 0.3) is 0 Å². The minimum absolute atomic E-state index is 0.0388. The van der Waals surface area contributed by atoms with Crippen molar-refractivity contribution in [2.75, 3.05) is 13.7 Å². The number of carbonyl (C=O) groups is 1. The average molecular weight is 542 g/mol. The summed E-state index contributed by atoms with van der Waals surface area (Å²) in [7, 11) is 3.45. The first-order chi connectivity index (χ1) is 19.1. The SMILES string of the molecule is COc1cc(C(CC(=O)O)c2ccc3c(c2)C(N2Cc4cccnc4OC(C)(C)C2)CC3)c(C)c2nnn(C)c12. The number of fused-ring (bicyclic) bond motifs is 3. The Morgan fingerprint density at radius 2 is 2.08 bits per heavy atom. The van der Waals surface area contributed by atoms with Crippen molar-refractivity contribution in [3.8, 4) is 11.6 Å². The van der Waals surface area contributed by atoms with E-state index in [9.17, 15) is 9.90 Å². The third kappa shape index (κ3) is 4.58. The third-order valence-electron chi connectivity index (χ3n) is 8.35. The van der Waals surface area contributed by atoms with E-state index in [0.29, 0.717) is 11.6 Å². The van der Waals surface area contributed by atoms with Gasteiger partial charge >= 0.3 is 5.97 Å². The number of carboxylic acids is 1. The van der Waals surface area contributed by atoms with Crippen LogP contribution >= 0.6 is 0 Å². The van der Waals surface area contributed by atoms with Gasteiger partial charge in [-0.05, 0) is 73.6 Å². The molecule has 4 aromatic rings. The van der Waals surface area contributed by atoms with Crippen molar-refractivity contribution >= 4 is 17.0 Å². The molecule has 0 saturated carbocycles. The van der Waals surface area contributed by atoms with E-state index in [1.807, 2.05) is 26.1 Å². The minimum Gasteiger partial charge on any atom is -0.494 e. The summed E-state index contributed by atoms with van der Waals surface area (Å²) in [5, 5.41) is 18.6. The molecule has 1 aliphatic heterocycles. The maximum atomic E-state index is 12.2. The summed E-state index contributed by atoms with van der Waals surface area (Å²) in [6.45, 7) is 7.71. The number of hydrogen-bond acceptors (Lipinski definition) is 7. The fraction of sp³-hybridized carbons (Fsp3) is 0.419. The normalized spacial score (nSPS) is 19.0. The second kappa shape index (κ2) is 9.89. The summed E-state index contributed by atoms with van der Waals surface area (Å²) in [6.07, 6.45) is 3.73. The molecule has 40 heavy (non-hydrogen) atoms. The van der Waals surface area contributed by atoms with Crippen LogP contribution in [0.25, 0.3) is 11.0 Å². The molecular weight excluding hydrogens is 506 g/mol. The first-order valence-electron chi connectivity index (χ1n) is 13.7. The first kappa shape index (κ1) is 26.3. The van der Waals surface area contributed by atoms with Crippen LogP contribution in [-0.2, 0) is 24.8 Å². The molecule has 1 N–H and O–H groups in total. The van der Waals surface area contributed by atoms with Crippen molar-refractivity contribution < 1.29 is 19.4 Å². The topological polar surface area (TPSA) is 103 Å². The lowest BCUT2D eigenvalue weighted by atomic mass is 9.84. The molecule has 2 aliphatic rings. The largest absolute Gasteiger partial charge is 0.494 e. The molecule has 0 fully saturated rings. The highest BCUT2D eigenvalue weighted by atomic mass is 16.5. The Hall–Kier alpha value is -3.98. The van der Waals surface area contributed by atoms with E-state index in [1.165, 1.54) is 11.1 Å². The van der Waals surface area contributed by atoms with Crippen molar-refractivity contribution in [2.24, 2.45) is 7.05 Å². The first-order valence-corrected chi connectivity index (χ1v) is 13.7. The number of methoxy groups -OCH3 is 1. The molecule has 3 heterocycles. The van der Waals surface area contributed by atoms with Gasteiger partial charge in [-0.3, -0.25) is 9.69 Å². The highest BCUT2D eigenvalue weighted by molar-refractivity contribution is 5.86.